The Kier molecular flexibility index (Phi) is 4.96. The van der Waals surface area contributed by atoms with Gasteiger partial charge in [-0.2, -0.15) is 0 Å². The fourth-order valence-electron chi connectivity index (χ4n) is 3.58. The molecule has 0 radical (unpaired) electrons. The lowest BCUT2D eigenvalue weighted by Crippen LogP contribution is -2.41. The first-order valence-corrected chi connectivity index (χ1v) is 9.44. The van der Waals surface area contributed by atoms with Gasteiger partial charge in [-0.05, 0) is 26.0 Å². The van der Waals surface area contributed by atoms with Crippen LogP contribution in [0.5, 0.6) is 5.75 Å². The Morgan fingerprint density at radius 3 is 2.87 bits per heavy atom. The van der Waals surface area contributed by atoms with Crippen molar-refractivity contribution < 1.29 is 27.8 Å². The highest BCUT2D eigenvalue weighted by atomic mass is 19.3. The first-order chi connectivity index (χ1) is 14.3. The summed E-state index contributed by atoms with van der Waals surface area (Å²) in [6.45, 7) is 3.79. The molecule has 30 heavy (non-hydrogen) atoms. The molecule has 0 saturated carbocycles. The molecule has 0 bridgehead atoms. The fraction of sp³-hybridized carbons (Fsp3) is 0.421. The molecular formula is C19H21F2N5O4. The second-order valence-corrected chi connectivity index (χ2v) is 7.23. The van der Waals surface area contributed by atoms with Crippen molar-refractivity contribution in [1.82, 2.24) is 9.55 Å². The minimum Gasteiger partial charge on any atom is -0.491 e. The van der Waals surface area contributed by atoms with E-state index < -0.39 is 36.6 Å². The van der Waals surface area contributed by atoms with Crippen LogP contribution >= 0.6 is 0 Å². The van der Waals surface area contributed by atoms with Gasteiger partial charge >= 0.3 is 6.09 Å². The van der Waals surface area contributed by atoms with Crippen molar-refractivity contribution in [2.75, 3.05) is 16.8 Å². The number of hydrogen-bond acceptors (Lipinski definition) is 6. The van der Waals surface area contributed by atoms with Crippen LogP contribution in [0.2, 0.25) is 0 Å². The van der Waals surface area contributed by atoms with Crippen molar-refractivity contribution in [3.05, 3.63) is 24.4 Å². The van der Waals surface area contributed by atoms with Crippen LogP contribution in [0.3, 0.4) is 0 Å². The SMILES string of the molecule is C[C@H](Nc1ccc2c(c1)OCCn1cc(N3C(=O)O[C@@H](C)[C@H]3C(F)F)nc1-2)C(N)=O. The Hall–Kier alpha value is -3.37. The highest BCUT2D eigenvalue weighted by molar-refractivity contribution is 5.90. The van der Waals surface area contributed by atoms with Gasteiger partial charge in [0.1, 0.15) is 36.4 Å². The molecule has 2 amide bonds. The standard InChI is InChI=1S/C19H21F2N5O4/c1-9(17(22)27)23-11-3-4-12-13(7-11)29-6-5-25-8-14(24-18(12)25)26-15(16(20)21)10(2)30-19(26)28/h3-4,7-10,15-16,23H,5-6H2,1-2H3,(H2,22,27)/t9-,10-,15-/m0/s1. The second-order valence-electron chi connectivity index (χ2n) is 7.23. The summed E-state index contributed by atoms with van der Waals surface area (Å²) in [6, 6.07) is 3.22. The number of amides is 2. The van der Waals surface area contributed by atoms with Crippen LogP contribution < -0.4 is 20.7 Å². The quantitative estimate of drug-likeness (QED) is 0.766. The zero-order valence-corrected chi connectivity index (χ0v) is 16.3. The van der Waals surface area contributed by atoms with Gasteiger partial charge in [-0.3, -0.25) is 4.79 Å². The minimum absolute atomic E-state index is 0.0991. The monoisotopic (exact) mass is 421 g/mol. The summed E-state index contributed by atoms with van der Waals surface area (Å²) in [5, 5.41) is 2.98. The number of rotatable bonds is 5. The Morgan fingerprint density at radius 1 is 1.40 bits per heavy atom. The molecule has 1 aromatic heterocycles. The topological polar surface area (TPSA) is 112 Å². The number of ether oxygens (including phenoxy) is 2. The number of halogens is 2. The van der Waals surface area contributed by atoms with E-state index in [1.54, 1.807) is 35.9 Å². The first-order valence-electron chi connectivity index (χ1n) is 9.44. The number of benzene rings is 1. The van der Waals surface area contributed by atoms with E-state index in [0.29, 0.717) is 36.0 Å². The molecule has 3 atom stereocenters. The van der Waals surface area contributed by atoms with Gasteiger partial charge in [0.15, 0.2) is 5.82 Å². The van der Waals surface area contributed by atoms with Crippen molar-refractivity contribution in [2.24, 2.45) is 5.73 Å². The van der Waals surface area contributed by atoms with Crippen molar-refractivity contribution in [3.63, 3.8) is 0 Å². The smallest absolute Gasteiger partial charge is 0.416 e. The summed E-state index contributed by atoms with van der Waals surface area (Å²) in [5.74, 6) is 0.594. The van der Waals surface area contributed by atoms with E-state index in [1.807, 2.05) is 0 Å². The van der Waals surface area contributed by atoms with Crippen LogP contribution in [0.25, 0.3) is 11.4 Å². The molecule has 2 aliphatic heterocycles. The third kappa shape index (κ3) is 3.40. The van der Waals surface area contributed by atoms with E-state index in [2.05, 4.69) is 10.3 Å². The lowest BCUT2D eigenvalue weighted by molar-refractivity contribution is -0.118. The summed E-state index contributed by atoms with van der Waals surface area (Å²) >= 11 is 0. The summed E-state index contributed by atoms with van der Waals surface area (Å²) < 4.78 is 39.6. The molecule has 3 heterocycles. The summed E-state index contributed by atoms with van der Waals surface area (Å²) in [5.41, 5.74) is 6.55. The zero-order chi connectivity index (χ0) is 21.6. The Bertz CT molecular complexity index is 995. The van der Waals surface area contributed by atoms with Gasteiger partial charge in [0.25, 0.3) is 6.43 Å². The number of anilines is 2. The molecular weight excluding hydrogens is 400 g/mol. The molecule has 0 spiro atoms. The minimum atomic E-state index is -2.77. The van der Waals surface area contributed by atoms with Crippen LogP contribution in [0.15, 0.2) is 24.4 Å². The van der Waals surface area contributed by atoms with E-state index in [1.165, 1.54) is 6.92 Å². The maximum atomic E-state index is 13.5. The number of hydrogen-bond donors (Lipinski definition) is 2. The van der Waals surface area contributed by atoms with Gasteiger partial charge in [-0.25, -0.2) is 23.5 Å². The number of fused-ring (bicyclic) bond motifs is 3. The van der Waals surface area contributed by atoms with Crippen molar-refractivity contribution >= 4 is 23.5 Å². The largest absolute Gasteiger partial charge is 0.491 e. The lowest BCUT2D eigenvalue weighted by Gasteiger charge is -2.20. The number of alkyl halides is 2. The highest BCUT2D eigenvalue weighted by Crippen LogP contribution is 2.37. The van der Waals surface area contributed by atoms with Crippen LogP contribution in [-0.4, -0.2) is 52.8 Å². The fourth-order valence-corrected chi connectivity index (χ4v) is 3.58. The molecule has 0 unspecified atom stereocenters. The number of aromatic nitrogens is 2. The highest BCUT2D eigenvalue weighted by Gasteiger charge is 2.47. The third-order valence-corrected chi connectivity index (χ3v) is 5.15. The molecule has 160 valence electrons. The van der Waals surface area contributed by atoms with E-state index in [4.69, 9.17) is 15.2 Å². The molecule has 1 saturated heterocycles. The molecule has 0 aliphatic carbocycles. The lowest BCUT2D eigenvalue weighted by atomic mass is 10.1. The second kappa shape index (κ2) is 7.47. The summed E-state index contributed by atoms with van der Waals surface area (Å²) in [4.78, 5) is 28.8. The zero-order valence-electron chi connectivity index (χ0n) is 16.3. The van der Waals surface area contributed by atoms with Crippen LogP contribution in [0.1, 0.15) is 13.8 Å². The number of cyclic esters (lactones) is 1. The van der Waals surface area contributed by atoms with Gasteiger partial charge in [0, 0.05) is 18.0 Å². The average molecular weight is 421 g/mol. The van der Waals surface area contributed by atoms with Crippen molar-refractivity contribution in [3.8, 4) is 17.1 Å². The van der Waals surface area contributed by atoms with E-state index in [9.17, 15) is 18.4 Å². The summed E-state index contributed by atoms with van der Waals surface area (Å²) in [6.07, 6.45) is -3.03. The third-order valence-electron chi connectivity index (χ3n) is 5.15. The van der Waals surface area contributed by atoms with Crippen LogP contribution in [-0.2, 0) is 16.1 Å². The predicted molar refractivity (Wildman–Crippen MR) is 104 cm³/mol. The van der Waals surface area contributed by atoms with E-state index in [0.717, 1.165) is 4.90 Å². The van der Waals surface area contributed by atoms with Gasteiger partial charge < -0.3 is 25.1 Å². The molecule has 1 fully saturated rings. The molecule has 3 N–H and O–H groups in total. The Balaban J connectivity index is 1.69. The molecule has 9 nitrogen and oxygen atoms in total. The predicted octanol–water partition coefficient (Wildman–Crippen LogP) is 2.21. The van der Waals surface area contributed by atoms with Gasteiger partial charge in [-0.15, -0.1) is 0 Å². The molecule has 1 aromatic carbocycles. The number of nitrogens with two attached hydrogens (primary N) is 1. The number of primary amides is 1. The molecule has 11 heteroatoms. The number of imidazole rings is 1. The van der Waals surface area contributed by atoms with Crippen molar-refractivity contribution in [2.45, 2.75) is 45.0 Å². The van der Waals surface area contributed by atoms with E-state index >= 15 is 0 Å². The maximum absolute atomic E-state index is 13.5. The van der Waals surface area contributed by atoms with Crippen LogP contribution in [0.4, 0.5) is 25.1 Å². The normalized spacial score (nSPS) is 21.4. The number of nitrogens with one attached hydrogen (secondary N) is 1. The van der Waals surface area contributed by atoms with Gasteiger partial charge in [-0.1, -0.05) is 0 Å². The van der Waals surface area contributed by atoms with E-state index in [-0.39, 0.29) is 5.82 Å². The molecule has 2 aromatic rings. The number of nitrogens with zero attached hydrogens (tertiary/aromatic N) is 3. The summed E-state index contributed by atoms with van der Waals surface area (Å²) in [7, 11) is 0. The first kappa shape index (κ1) is 19.9. The molecule has 2 aliphatic rings. The number of carbonyl (C=O) groups excluding carboxylic acids is 2. The Morgan fingerprint density at radius 2 is 2.17 bits per heavy atom. The number of carbonyl (C=O) groups is 2. The van der Waals surface area contributed by atoms with Gasteiger partial charge in [0.05, 0.1) is 12.1 Å². The molecule has 4 rings (SSSR count). The van der Waals surface area contributed by atoms with Gasteiger partial charge in [0.2, 0.25) is 5.91 Å². The maximum Gasteiger partial charge on any atom is 0.416 e. The van der Waals surface area contributed by atoms with Crippen molar-refractivity contribution in [1.29, 1.82) is 0 Å². The Labute approximate surface area is 170 Å². The van der Waals surface area contributed by atoms with Crippen LogP contribution in [0, 0.1) is 0 Å². The average Bonchev–Trinajstić information content (AvgIpc) is 3.16.